The van der Waals surface area contributed by atoms with Gasteiger partial charge in [0, 0.05) is 12.6 Å². The summed E-state index contributed by atoms with van der Waals surface area (Å²) >= 11 is 0. The summed E-state index contributed by atoms with van der Waals surface area (Å²) in [5.41, 5.74) is 7.67. The Kier molecular flexibility index (Phi) is 6.03. The number of aryl methyl sites for hydroxylation is 1. The van der Waals surface area contributed by atoms with Crippen LogP contribution in [0.4, 0.5) is 4.79 Å². The first-order valence-electron chi connectivity index (χ1n) is 7.08. The second kappa shape index (κ2) is 7.31. The SMILES string of the molecule is COc1c(C)cccc1CC(N)CNC(=O)OC(C)(C)C. The van der Waals surface area contributed by atoms with Crippen LogP contribution < -0.4 is 15.8 Å². The zero-order valence-electron chi connectivity index (χ0n) is 13.5. The molecule has 1 rings (SSSR count). The number of alkyl carbamates (subject to hydrolysis) is 1. The largest absolute Gasteiger partial charge is 0.496 e. The van der Waals surface area contributed by atoms with Crippen molar-refractivity contribution >= 4 is 6.09 Å². The summed E-state index contributed by atoms with van der Waals surface area (Å²) in [6.45, 7) is 7.82. The van der Waals surface area contributed by atoms with Crippen LogP contribution in [-0.2, 0) is 11.2 Å². The summed E-state index contributed by atoms with van der Waals surface area (Å²) in [6.07, 6.45) is 0.176. The number of para-hydroxylation sites is 1. The predicted molar refractivity (Wildman–Crippen MR) is 83.6 cm³/mol. The Morgan fingerprint density at radius 3 is 2.62 bits per heavy atom. The summed E-state index contributed by atoms with van der Waals surface area (Å²) in [7, 11) is 1.65. The highest BCUT2D eigenvalue weighted by atomic mass is 16.6. The van der Waals surface area contributed by atoms with Crippen molar-refractivity contribution in [1.82, 2.24) is 5.32 Å². The van der Waals surface area contributed by atoms with Crippen LogP contribution in [0.25, 0.3) is 0 Å². The Bertz CT molecular complexity index is 481. The van der Waals surface area contributed by atoms with Crippen LogP contribution in [0.1, 0.15) is 31.9 Å². The fourth-order valence-electron chi connectivity index (χ4n) is 2.05. The van der Waals surface area contributed by atoms with E-state index in [1.54, 1.807) is 7.11 Å². The molecule has 0 fully saturated rings. The number of nitrogens with one attached hydrogen (secondary N) is 1. The molecule has 5 nitrogen and oxygen atoms in total. The summed E-state index contributed by atoms with van der Waals surface area (Å²) in [5, 5.41) is 2.68. The van der Waals surface area contributed by atoms with Gasteiger partial charge in [-0.25, -0.2) is 4.79 Å². The second-order valence-corrected chi connectivity index (χ2v) is 6.11. The zero-order chi connectivity index (χ0) is 16.0. The van der Waals surface area contributed by atoms with Crippen molar-refractivity contribution in [2.45, 2.75) is 45.8 Å². The van der Waals surface area contributed by atoms with Gasteiger partial charge in [0.05, 0.1) is 7.11 Å². The van der Waals surface area contributed by atoms with Crippen molar-refractivity contribution < 1.29 is 14.3 Å². The number of amides is 1. The lowest BCUT2D eigenvalue weighted by Gasteiger charge is -2.21. The first-order chi connectivity index (χ1) is 9.73. The molecule has 0 bridgehead atoms. The van der Waals surface area contributed by atoms with E-state index >= 15 is 0 Å². The van der Waals surface area contributed by atoms with Gasteiger partial charge in [0.2, 0.25) is 0 Å². The first kappa shape index (κ1) is 17.3. The van der Waals surface area contributed by atoms with E-state index in [9.17, 15) is 4.79 Å². The quantitative estimate of drug-likeness (QED) is 0.874. The van der Waals surface area contributed by atoms with E-state index in [1.165, 1.54) is 0 Å². The molecule has 1 aromatic rings. The summed E-state index contributed by atoms with van der Waals surface area (Å²) in [4.78, 5) is 11.6. The van der Waals surface area contributed by atoms with E-state index in [1.807, 2.05) is 45.9 Å². The molecule has 0 aromatic heterocycles. The summed E-state index contributed by atoms with van der Waals surface area (Å²) in [5.74, 6) is 0.852. The molecule has 0 heterocycles. The number of hydrogen-bond donors (Lipinski definition) is 2. The maximum atomic E-state index is 11.6. The lowest BCUT2D eigenvalue weighted by atomic mass is 10.0. The Labute approximate surface area is 126 Å². The number of rotatable bonds is 5. The Morgan fingerprint density at radius 1 is 1.38 bits per heavy atom. The molecule has 1 atom stereocenters. The van der Waals surface area contributed by atoms with Crippen molar-refractivity contribution in [3.8, 4) is 5.75 Å². The molecule has 3 N–H and O–H groups in total. The fourth-order valence-corrected chi connectivity index (χ4v) is 2.05. The monoisotopic (exact) mass is 294 g/mol. The Hall–Kier alpha value is -1.75. The Morgan fingerprint density at radius 2 is 2.05 bits per heavy atom. The topological polar surface area (TPSA) is 73.6 Å². The van der Waals surface area contributed by atoms with E-state index in [-0.39, 0.29) is 6.04 Å². The van der Waals surface area contributed by atoms with Gasteiger partial charge >= 0.3 is 6.09 Å². The lowest BCUT2D eigenvalue weighted by molar-refractivity contribution is 0.0524. The third-order valence-electron chi connectivity index (χ3n) is 2.89. The molecule has 0 radical (unpaired) electrons. The Balaban J connectivity index is 2.53. The van der Waals surface area contributed by atoms with Gasteiger partial charge in [-0.1, -0.05) is 18.2 Å². The van der Waals surface area contributed by atoms with Crippen LogP contribution in [0.3, 0.4) is 0 Å². The minimum atomic E-state index is -0.506. The maximum Gasteiger partial charge on any atom is 0.407 e. The molecule has 0 saturated carbocycles. The van der Waals surface area contributed by atoms with Crippen molar-refractivity contribution in [1.29, 1.82) is 0 Å². The van der Waals surface area contributed by atoms with Crippen molar-refractivity contribution in [3.05, 3.63) is 29.3 Å². The third-order valence-corrected chi connectivity index (χ3v) is 2.89. The molecular weight excluding hydrogens is 268 g/mol. The van der Waals surface area contributed by atoms with Gasteiger partial charge in [-0.3, -0.25) is 0 Å². The molecule has 0 aliphatic rings. The van der Waals surface area contributed by atoms with Gasteiger partial charge in [0.25, 0.3) is 0 Å². The molecule has 0 saturated heterocycles. The minimum absolute atomic E-state index is 0.201. The van der Waals surface area contributed by atoms with Gasteiger partial charge in [-0.2, -0.15) is 0 Å². The molecule has 1 aromatic carbocycles. The van der Waals surface area contributed by atoms with Crippen LogP contribution in [0.2, 0.25) is 0 Å². The van der Waals surface area contributed by atoms with E-state index in [0.717, 1.165) is 16.9 Å². The van der Waals surface area contributed by atoms with Crippen LogP contribution >= 0.6 is 0 Å². The molecule has 0 aliphatic carbocycles. The van der Waals surface area contributed by atoms with Crippen LogP contribution in [0, 0.1) is 6.92 Å². The normalized spacial score (nSPS) is 12.7. The number of ether oxygens (including phenoxy) is 2. The number of methoxy groups -OCH3 is 1. The average Bonchev–Trinajstić information content (AvgIpc) is 2.35. The third kappa shape index (κ3) is 6.04. The van der Waals surface area contributed by atoms with E-state index in [0.29, 0.717) is 13.0 Å². The number of hydrogen-bond acceptors (Lipinski definition) is 4. The molecule has 118 valence electrons. The number of benzene rings is 1. The van der Waals surface area contributed by atoms with Gasteiger partial charge in [0.1, 0.15) is 11.4 Å². The molecule has 0 spiro atoms. The molecule has 1 amide bonds. The lowest BCUT2D eigenvalue weighted by Crippen LogP contribution is -2.41. The van der Waals surface area contributed by atoms with E-state index in [2.05, 4.69) is 5.32 Å². The van der Waals surface area contributed by atoms with Crippen LogP contribution in [-0.4, -0.2) is 31.4 Å². The first-order valence-corrected chi connectivity index (χ1v) is 7.08. The predicted octanol–water partition coefficient (Wildman–Crippen LogP) is 2.40. The molecular formula is C16H26N2O3. The standard InChI is InChI=1S/C16H26N2O3/c1-11-7-6-8-12(14(11)20-5)9-13(17)10-18-15(19)21-16(2,3)4/h6-8,13H,9-10,17H2,1-5H3,(H,18,19). The van der Waals surface area contributed by atoms with Crippen LogP contribution in [0.5, 0.6) is 5.75 Å². The smallest absolute Gasteiger partial charge is 0.407 e. The van der Waals surface area contributed by atoms with Gasteiger partial charge in [0.15, 0.2) is 0 Å². The molecule has 21 heavy (non-hydrogen) atoms. The average molecular weight is 294 g/mol. The highest BCUT2D eigenvalue weighted by Crippen LogP contribution is 2.23. The maximum absolute atomic E-state index is 11.6. The van der Waals surface area contributed by atoms with Crippen LogP contribution in [0.15, 0.2) is 18.2 Å². The van der Waals surface area contributed by atoms with Gasteiger partial charge in [-0.15, -0.1) is 0 Å². The van der Waals surface area contributed by atoms with Crippen molar-refractivity contribution in [3.63, 3.8) is 0 Å². The summed E-state index contributed by atoms with van der Waals surface area (Å²) in [6, 6.07) is 5.75. The number of carbonyl (C=O) groups is 1. The fraction of sp³-hybridized carbons (Fsp3) is 0.562. The summed E-state index contributed by atoms with van der Waals surface area (Å²) < 4.78 is 10.6. The van der Waals surface area contributed by atoms with E-state index < -0.39 is 11.7 Å². The van der Waals surface area contributed by atoms with Crippen molar-refractivity contribution in [2.75, 3.05) is 13.7 Å². The highest BCUT2D eigenvalue weighted by molar-refractivity contribution is 5.67. The second-order valence-electron chi connectivity index (χ2n) is 6.11. The minimum Gasteiger partial charge on any atom is -0.496 e. The number of nitrogens with two attached hydrogens (primary N) is 1. The van der Waals surface area contributed by atoms with Gasteiger partial charge in [-0.05, 0) is 45.2 Å². The van der Waals surface area contributed by atoms with Crippen molar-refractivity contribution in [2.24, 2.45) is 5.73 Å². The molecule has 0 aliphatic heterocycles. The van der Waals surface area contributed by atoms with E-state index in [4.69, 9.17) is 15.2 Å². The highest BCUT2D eigenvalue weighted by Gasteiger charge is 2.17. The molecule has 1 unspecified atom stereocenters. The zero-order valence-corrected chi connectivity index (χ0v) is 13.5. The molecule has 5 heteroatoms. The van der Waals surface area contributed by atoms with Gasteiger partial charge < -0.3 is 20.5 Å². The number of carbonyl (C=O) groups excluding carboxylic acids is 1.